The topological polar surface area (TPSA) is 62.1 Å². The first-order valence-corrected chi connectivity index (χ1v) is 3.58. The van der Waals surface area contributed by atoms with Crippen molar-refractivity contribution in [1.29, 1.82) is 0 Å². The summed E-state index contributed by atoms with van der Waals surface area (Å²) in [6.07, 6.45) is 3.96. The third-order valence-electron chi connectivity index (χ3n) is 1.59. The smallest absolute Gasteiger partial charge is 0.169 e. The Hall–Kier alpha value is -1.55. The predicted molar refractivity (Wildman–Crippen MR) is 41.4 cm³/mol. The van der Waals surface area contributed by atoms with Crippen LogP contribution in [0.3, 0.4) is 0 Å². The molecule has 2 rings (SSSR count). The van der Waals surface area contributed by atoms with Gasteiger partial charge in [-0.15, -0.1) is 0 Å². The second kappa shape index (κ2) is 2.83. The number of hydrogen-bond donors (Lipinski definition) is 2. The summed E-state index contributed by atoms with van der Waals surface area (Å²) in [5.74, 6) is 0.981. The van der Waals surface area contributed by atoms with Gasteiger partial charge in [-0.05, 0) is 12.1 Å². The molecule has 0 fully saturated rings. The highest BCUT2D eigenvalue weighted by Gasteiger charge is 2.14. The fourth-order valence-electron chi connectivity index (χ4n) is 1.01. The first kappa shape index (κ1) is 7.12. The summed E-state index contributed by atoms with van der Waals surface area (Å²) in [7, 11) is 0. The molecule has 12 heavy (non-hydrogen) atoms. The molecule has 0 saturated carbocycles. The Bertz CT molecular complexity index is 292. The fraction of sp³-hybridized carbons (Fsp3) is 0.125. The highest BCUT2D eigenvalue weighted by Crippen LogP contribution is 2.17. The van der Waals surface area contributed by atoms with Crippen LogP contribution < -0.4 is 0 Å². The average Bonchev–Trinajstić information content (AvgIpc) is 2.77. The largest absolute Gasteiger partial charge is 0.466 e. The number of aromatic nitrogens is 2. The molecule has 0 aliphatic carbocycles. The van der Waals surface area contributed by atoms with E-state index in [1.165, 1.54) is 6.26 Å². The molecule has 0 spiro atoms. The van der Waals surface area contributed by atoms with E-state index >= 15 is 0 Å². The standard InChI is InChI=1S/C8H8N2O2/c11-7(6-2-1-5-12-6)8-9-3-4-10-8/h1-5,7,11H,(H,9,10)/t7-/m1/s1. The van der Waals surface area contributed by atoms with E-state index in [0.29, 0.717) is 11.6 Å². The molecular formula is C8H8N2O2. The summed E-state index contributed by atoms with van der Waals surface area (Å²) in [4.78, 5) is 6.71. The zero-order chi connectivity index (χ0) is 8.39. The van der Waals surface area contributed by atoms with Crippen molar-refractivity contribution in [2.45, 2.75) is 6.10 Å². The highest BCUT2D eigenvalue weighted by atomic mass is 16.4. The van der Waals surface area contributed by atoms with E-state index < -0.39 is 6.10 Å². The first-order valence-electron chi connectivity index (χ1n) is 3.58. The van der Waals surface area contributed by atoms with Crippen LogP contribution in [0.25, 0.3) is 0 Å². The van der Waals surface area contributed by atoms with Crippen LogP contribution in [0.1, 0.15) is 17.7 Å². The van der Waals surface area contributed by atoms with Crippen molar-refractivity contribution in [3.8, 4) is 0 Å². The SMILES string of the molecule is O[C@@H](c1ncc[nH]1)c1ccco1. The number of hydrogen-bond acceptors (Lipinski definition) is 3. The summed E-state index contributed by atoms with van der Waals surface area (Å²) in [5.41, 5.74) is 0. The number of aliphatic hydroxyl groups excluding tert-OH is 1. The number of imidazole rings is 1. The van der Waals surface area contributed by atoms with Gasteiger partial charge < -0.3 is 14.5 Å². The number of furan rings is 1. The molecule has 4 heteroatoms. The average molecular weight is 164 g/mol. The number of nitrogens with one attached hydrogen (secondary N) is 1. The van der Waals surface area contributed by atoms with Crippen LogP contribution in [-0.4, -0.2) is 15.1 Å². The number of aliphatic hydroxyl groups is 1. The molecule has 0 radical (unpaired) electrons. The zero-order valence-corrected chi connectivity index (χ0v) is 6.27. The molecule has 0 amide bonds. The number of aromatic amines is 1. The van der Waals surface area contributed by atoms with Gasteiger partial charge in [-0.25, -0.2) is 4.98 Å². The summed E-state index contributed by atoms with van der Waals surface area (Å²) < 4.78 is 5.01. The zero-order valence-electron chi connectivity index (χ0n) is 6.27. The molecule has 0 aliphatic rings. The molecule has 0 bridgehead atoms. The van der Waals surface area contributed by atoms with E-state index in [-0.39, 0.29) is 0 Å². The van der Waals surface area contributed by atoms with Crippen LogP contribution in [0.5, 0.6) is 0 Å². The Balaban J connectivity index is 2.27. The minimum Gasteiger partial charge on any atom is -0.466 e. The van der Waals surface area contributed by atoms with Gasteiger partial charge in [0.1, 0.15) is 11.6 Å². The van der Waals surface area contributed by atoms with Gasteiger partial charge in [-0.1, -0.05) is 0 Å². The molecule has 0 saturated heterocycles. The van der Waals surface area contributed by atoms with E-state index in [9.17, 15) is 5.11 Å². The third-order valence-corrected chi connectivity index (χ3v) is 1.59. The second-order valence-corrected chi connectivity index (χ2v) is 2.39. The van der Waals surface area contributed by atoms with Crippen LogP contribution in [0.15, 0.2) is 35.2 Å². The van der Waals surface area contributed by atoms with Crippen LogP contribution in [-0.2, 0) is 0 Å². The number of rotatable bonds is 2. The van der Waals surface area contributed by atoms with Gasteiger partial charge in [0.2, 0.25) is 0 Å². The normalized spacial score (nSPS) is 13.1. The Morgan fingerprint density at radius 2 is 2.50 bits per heavy atom. The Morgan fingerprint density at radius 3 is 3.08 bits per heavy atom. The van der Waals surface area contributed by atoms with Crippen molar-refractivity contribution in [3.05, 3.63) is 42.4 Å². The molecule has 0 unspecified atom stereocenters. The van der Waals surface area contributed by atoms with Gasteiger partial charge in [-0.3, -0.25) is 0 Å². The predicted octanol–water partition coefficient (Wildman–Crippen LogP) is 1.08. The van der Waals surface area contributed by atoms with Gasteiger partial charge in [-0.2, -0.15) is 0 Å². The van der Waals surface area contributed by atoms with Crippen LogP contribution in [0.2, 0.25) is 0 Å². The van der Waals surface area contributed by atoms with E-state index in [0.717, 1.165) is 0 Å². The monoisotopic (exact) mass is 164 g/mol. The van der Waals surface area contributed by atoms with Gasteiger partial charge in [0.15, 0.2) is 6.10 Å². The summed E-state index contributed by atoms with van der Waals surface area (Å²) in [6.45, 7) is 0. The molecule has 0 aliphatic heterocycles. The van der Waals surface area contributed by atoms with Gasteiger partial charge >= 0.3 is 0 Å². The molecular weight excluding hydrogens is 156 g/mol. The maximum absolute atomic E-state index is 9.58. The van der Waals surface area contributed by atoms with Crippen molar-refractivity contribution < 1.29 is 9.52 Å². The Labute approximate surface area is 68.9 Å². The van der Waals surface area contributed by atoms with Crippen LogP contribution in [0.4, 0.5) is 0 Å². The van der Waals surface area contributed by atoms with E-state index in [2.05, 4.69) is 9.97 Å². The molecule has 2 aromatic rings. The lowest BCUT2D eigenvalue weighted by molar-refractivity contribution is 0.181. The summed E-state index contributed by atoms with van der Waals surface area (Å²) >= 11 is 0. The second-order valence-electron chi connectivity index (χ2n) is 2.39. The van der Waals surface area contributed by atoms with Crippen molar-refractivity contribution in [2.75, 3.05) is 0 Å². The van der Waals surface area contributed by atoms with Crippen molar-refractivity contribution in [3.63, 3.8) is 0 Å². The van der Waals surface area contributed by atoms with Crippen molar-refractivity contribution >= 4 is 0 Å². The molecule has 2 aromatic heterocycles. The molecule has 2 heterocycles. The van der Waals surface area contributed by atoms with Gasteiger partial charge in [0.25, 0.3) is 0 Å². The van der Waals surface area contributed by atoms with Gasteiger partial charge in [0.05, 0.1) is 6.26 Å². The lowest BCUT2D eigenvalue weighted by atomic mass is 10.2. The third kappa shape index (κ3) is 1.12. The van der Waals surface area contributed by atoms with Crippen molar-refractivity contribution in [1.82, 2.24) is 9.97 Å². The van der Waals surface area contributed by atoms with E-state index in [1.807, 2.05) is 0 Å². The summed E-state index contributed by atoms with van der Waals surface area (Å²) in [5, 5.41) is 9.58. The highest BCUT2D eigenvalue weighted by molar-refractivity contribution is 5.10. The maximum Gasteiger partial charge on any atom is 0.169 e. The maximum atomic E-state index is 9.58. The lowest BCUT2D eigenvalue weighted by Gasteiger charge is -2.02. The molecule has 0 aromatic carbocycles. The number of nitrogens with zero attached hydrogens (tertiary/aromatic N) is 1. The Kier molecular flexibility index (Phi) is 1.68. The minimum atomic E-state index is -0.796. The van der Waals surface area contributed by atoms with E-state index in [1.54, 1.807) is 24.5 Å². The fourth-order valence-corrected chi connectivity index (χ4v) is 1.01. The molecule has 62 valence electrons. The molecule has 2 N–H and O–H groups in total. The lowest BCUT2D eigenvalue weighted by Crippen LogP contribution is -1.99. The van der Waals surface area contributed by atoms with Crippen LogP contribution in [0, 0.1) is 0 Å². The van der Waals surface area contributed by atoms with Gasteiger partial charge in [0, 0.05) is 12.4 Å². The molecule has 1 atom stereocenters. The first-order chi connectivity index (χ1) is 5.88. The Morgan fingerprint density at radius 1 is 1.58 bits per heavy atom. The van der Waals surface area contributed by atoms with Crippen molar-refractivity contribution in [2.24, 2.45) is 0 Å². The quantitative estimate of drug-likeness (QED) is 0.698. The minimum absolute atomic E-state index is 0.491. The van der Waals surface area contributed by atoms with Crippen LogP contribution >= 0.6 is 0 Å². The van der Waals surface area contributed by atoms with E-state index in [4.69, 9.17) is 4.42 Å². The number of H-pyrrole nitrogens is 1. The molecule has 4 nitrogen and oxygen atoms in total. The summed E-state index contributed by atoms with van der Waals surface area (Å²) in [6, 6.07) is 3.43.